The zero-order chi connectivity index (χ0) is 10.6. The van der Waals surface area contributed by atoms with E-state index >= 15 is 0 Å². The van der Waals surface area contributed by atoms with Crippen LogP contribution in [0.3, 0.4) is 0 Å². The van der Waals surface area contributed by atoms with Crippen LogP contribution >= 0.6 is 0 Å². The van der Waals surface area contributed by atoms with Crippen LogP contribution in [0.15, 0.2) is 0 Å². The van der Waals surface area contributed by atoms with Crippen molar-refractivity contribution in [2.75, 3.05) is 6.61 Å². The molecule has 14 heavy (non-hydrogen) atoms. The van der Waals surface area contributed by atoms with Crippen LogP contribution in [0.5, 0.6) is 0 Å². The van der Waals surface area contributed by atoms with Crippen molar-refractivity contribution in [1.29, 1.82) is 0 Å². The Balaban J connectivity index is 2.09. The zero-order valence-electron chi connectivity index (χ0n) is 9.59. The largest absolute Gasteiger partial charge is 0.348 e. The Morgan fingerprint density at radius 2 is 1.86 bits per heavy atom. The Morgan fingerprint density at radius 1 is 1.29 bits per heavy atom. The van der Waals surface area contributed by atoms with Gasteiger partial charge in [-0.25, -0.2) is 0 Å². The fraction of sp³-hybridized carbons (Fsp3) is 1.00. The number of hydrogen-bond acceptors (Lipinski definition) is 3. The standard InChI is InChI=1S/C11H21NO2/c1-9(2,11(12)5-6-11)8-7-13-10(3,4)14-8/h8H,5-7,12H2,1-4H3. The van der Waals surface area contributed by atoms with Gasteiger partial charge in [-0.2, -0.15) is 0 Å². The highest BCUT2D eigenvalue weighted by Gasteiger charge is 2.57. The third-order valence-electron chi connectivity index (χ3n) is 3.89. The molecule has 1 atom stereocenters. The summed E-state index contributed by atoms with van der Waals surface area (Å²) >= 11 is 0. The maximum Gasteiger partial charge on any atom is 0.163 e. The van der Waals surface area contributed by atoms with Gasteiger partial charge < -0.3 is 15.2 Å². The van der Waals surface area contributed by atoms with Gasteiger partial charge in [0, 0.05) is 11.0 Å². The SMILES string of the molecule is CC1(C)OCC(C(C)(C)C2(N)CC2)O1. The average Bonchev–Trinajstić information content (AvgIpc) is 2.68. The fourth-order valence-corrected chi connectivity index (χ4v) is 2.14. The first-order valence-corrected chi connectivity index (χ1v) is 5.38. The summed E-state index contributed by atoms with van der Waals surface area (Å²) in [6, 6.07) is 0. The van der Waals surface area contributed by atoms with Crippen LogP contribution < -0.4 is 5.73 Å². The molecule has 2 N–H and O–H groups in total. The van der Waals surface area contributed by atoms with Crippen molar-refractivity contribution in [2.24, 2.45) is 11.1 Å². The third-order valence-corrected chi connectivity index (χ3v) is 3.89. The van der Waals surface area contributed by atoms with Gasteiger partial charge >= 0.3 is 0 Å². The Morgan fingerprint density at radius 3 is 2.21 bits per heavy atom. The smallest absolute Gasteiger partial charge is 0.163 e. The van der Waals surface area contributed by atoms with Gasteiger partial charge in [0.25, 0.3) is 0 Å². The molecule has 3 heteroatoms. The number of hydrogen-bond donors (Lipinski definition) is 1. The summed E-state index contributed by atoms with van der Waals surface area (Å²) in [5, 5.41) is 0. The van der Waals surface area contributed by atoms with Crippen LogP contribution in [-0.2, 0) is 9.47 Å². The van der Waals surface area contributed by atoms with Crippen molar-refractivity contribution in [2.45, 2.75) is 58.0 Å². The van der Waals surface area contributed by atoms with Gasteiger partial charge in [-0.3, -0.25) is 0 Å². The molecule has 1 aliphatic carbocycles. The van der Waals surface area contributed by atoms with Crippen molar-refractivity contribution in [1.82, 2.24) is 0 Å². The van der Waals surface area contributed by atoms with Gasteiger partial charge in [0.2, 0.25) is 0 Å². The van der Waals surface area contributed by atoms with E-state index in [4.69, 9.17) is 15.2 Å². The van der Waals surface area contributed by atoms with Crippen molar-refractivity contribution in [3.63, 3.8) is 0 Å². The van der Waals surface area contributed by atoms with Gasteiger partial charge in [0.1, 0.15) is 0 Å². The molecular weight excluding hydrogens is 178 g/mol. The molecule has 1 heterocycles. The Hall–Kier alpha value is -0.120. The maximum atomic E-state index is 6.26. The molecule has 0 aromatic heterocycles. The number of nitrogens with two attached hydrogens (primary N) is 1. The molecule has 2 aliphatic rings. The Labute approximate surface area is 85.9 Å². The van der Waals surface area contributed by atoms with Crippen LogP contribution in [0.4, 0.5) is 0 Å². The summed E-state index contributed by atoms with van der Waals surface area (Å²) in [4.78, 5) is 0. The molecule has 82 valence electrons. The second kappa shape index (κ2) is 2.71. The van der Waals surface area contributed by atoms with E-state index in [0.29, 0.717) is 6.61 Å². The van der Waals surface area contributed by atoms with E-state index in [2.05, 4.69) is 13.8 Å². The van der Waals surface area contributed by atoms with Gasteiger partial charge in [-0.1, -0.05) is 13.8 Å². The molecule has 2 rings (SSSR count). The van der Waals surface area contributed by atoms with Crippen LogP contribution in [0.25, 0.3) is 0 Å². The molecule has 1 saturated heterocycles. The van der Waals surface area contributed by atoms with E-state index in [0.717, 1.165) is 12.8 Å². The lowest BCUT2D eigenvalue weighted by atomic mass is 9.77. The predicted molar refractivity (Wildman–Crippen MR) is 54.8 cm³/mol. The number of ether oxygens (including phenoxy) is 2. The molecule has 1 aliphatic heterocycles. The van der Waals surface area contributed by atoms with Crippen molar-refractivity contribution in [3.05, 3.63) is 0 Å². The lowest BCUT2D eigenvalue weighted by molar-refractivity contribution is -0.154. The molecule has 0 amide bonds. The minimum absolute atomic E-state index is 0.0147. The lowest BCUT2D eigenvalue weighted by Gasteiger charge is -2.36. The van der Waals surface area contributed by atoms with Gasteiger partial charge in [-0.05, 0) is 26.7 Å². The first kappa shape index (κ1) is 10.4. The minimum Gasteiger partial charge on any atom is -0.348 e. The van der Waals surface area contributed by atoms with E-state index in [-0.39, 0.29) is 17.1 Å². The topological polar surface area (TPSA) is 44.5 Å². The highest BCUT2D eigenvalue weighted by atomic mass is 16.7. The van der Waals surface area contributed by atoms with E-state index < -0.39 is 5.79 Å². The summed E-state index contributed by atoms with van der Waals surface area (Å²) in [5.74, 6) is -0.437. The van der Waals surface area contributed by atoms with Crippen LogP contribution in [0.1, 0.15) is 40.5 Å². The summed E-state index contributed by atoms with van der Waals surface area (Å²) < 4.78 is 11.5. The molecular formula is C11H21NO2. The Bertz CT molecular complexity index is 244. The van der Waals surface area contributed by atoms with Gasteiger partial charge in [0.05, 0.1) is 12.7 Å². The highest BCUT2D eigenvalue weighted by Crippen LogP contribution is 2.52. The first-order valence-electron chi connectivity index (χ1n) is 5.38. The Kier molecular flexibility index (Phi) is 2.02. The van der Waals surface area contributed by atoms with E-state index in [1.807, 2.05) is 13.8 Å². The summed E-state index contributed by atoms with van der Waals surface area (Å²) in [6.07, 6.45) is 2.35. The first-order chi connectivity index (χ1) is 6.27. The second-order valence-corrected chi connectivity index (χ2v) is 5.70. The maximum absolute atomic E-state index is 6.26. The molecule has 2 fully saturated rings. The van der Waals surface area contributed by atoms with Crippen molar-refractivity contribution in [3.8, 4) is 0 Å². The van der Waals surface area contributed by atoms with Gasteiger partial charge in [0.15, 0.2) is 5.79 Å². The molecule has 0 radical (unpaired) electrons. The summed E-state index contributed by atoms with van der Waals surface area (Å²) in [6.45, 7) is 8.96. The molecule has 0 aromatic carbocycles. The fourth-order valence-electron chi connectivity index (χ4n) is 2.14. The summed E-state index contributed by atoms with van der Waals surface area (Å²) in [7, 11) is 0. The monoisotopic (exact) mass is 199 g/mol. The summed E-state index contributed by atoms with van der Waals surface area (Å²) in [5.41, 5.74) is 6.25. The second-order valence-electron chi connectivity index (χ2n) is 5.70. The van der Waals surface area contributed by atoms with Crippen molar-refractivity contribution >= 4 is 0 Å². The number of rotatable bonds is 2. The molecule has 0 spiro atoms. The quantitative estimate of drug-likeness (QED) is 0.735. The average molecular weight is 199 g/mol. The third kappa shape index (κ3) is 1.47. The van der Waals surface area contributed by atoms with Crippen LogP contribution in [0.2, 0.25) is 0 Å². The van der Waals surface area contributed by atoms with Gasteiger partial charge in [-0.15, -0.1) is 0 Å². The van der Waals surface area contributed by atoms with E-state index in [1.54, 1.807) is 0 Å². The molecule has 1 unspecified atom stereocenters. The molecule has 0 bridgehead atoms. The lowest BCUT2D eigenvalue weighted by Crippen LogP contribution is -2.49. The van der Waals surface area contributed by atoms with Crippen LogP contribution in [-0.4, -0.2) is 24.0 Å². The minimum atomic E-state index is -0.437. The van der Waals surface area contributed by atoms with E-state index in [1.165, 1.54) is 0 Å². The van der Waals surface area contributed by atoms with Crippen molar-refractivity contribution < 1.29 is 9.47 Å². The molecule has 0 aromatic rings. The normalized spacial score (nSPS) is 34.5. The predicted octanol–water partition coefficient (Wildman–Crippen LogP) is 1.66. The zero-order valence-corrected chi connectivity index (χ0v) is 9.59. The van der Waals surface area contributed by atoms with Crippen LogP contribution in [0, 0.1) is 5.41 Å². The highest BCUT2D eigenvalue weighted by molar-refractivity contribution is 5.12. The molecule has 1 saturated carbocycles. The van der Waals surface area contributed by atoms with E-state index in [9.17, 15) is 0 Å². The molecule has 3 nitrogen and oxygen atoms in total.